The molecule has 11 unspecified atom stereocenters. The van der Waals surface area contributed by atoms with Crippen molar-refractivity contribution in [2.75, 3.05) is 87.5 Å². The van der Waals surface area contributed by atoms with Crippen molar-refractivity contribution in [1.82, 2.24) is 10.0 Å². The van der Waals surface area contributed by atoms with Crippen molar-refractivity contribution >= 4 is 15.9 Å². The topological polar surface area (TPSA) is 692 Å². The first-order valence-electron chi connectivity index (χ1n) is 43.5. The van der Waals surface area contributed by atoms with Crippen LogP contribution in [0.25, 0.3) is 0 Å². The smallest absolute Gasteiger partial charge is 0.216 e. The van der Waals surface area contributed by atoms with E-state index in [1.165, 1.54) is 26.0 Å². The Hall–Kier alpha value is -1.81. The van der Waals surface area contributed by atoms with Crippen molar-refractivity contribution in [1.29, 1.82) is 0 Å². The van der Waals surface area contributed by atoms with Gasteiger partial charge in [0, 0.05) is 202 Å². The lowest BCUT2D eigenvalue weighted by atomic mass is 9.75. The molecule has 0 saturated heterocycles. The first-order valence-corrected chi connectivity index (χ1v) is 45.4. The summed E-state index contributed by atoms with van der Waals surface area (Å²) in [6.45, 7) is 13.8. The Morgan fingerprint density at radius 3 is 1.03 bits per heavy atom. The van der Waals surface area contributed by atoms with Gasteiger partial charge in [0.25, 0.3) is 0 Å². The number of methoxy groups -OCH3 is 4. The quantitative estimate of drug-likeness (QED) is 0.0760. The van der Waals surface area contributed by atoms with Gasteiger partial charge in [-0.25, -0.2) is 13.1 Å². The monoisotopic (exact) mass is 1680 g/mol. The second-order valence-electron chi connectivity index (χ2n) is 35.6. The first-order chi connectivity index (χ1) is 54.0. The van der Waals surface area contributed by atoms with Gasteiger partial charge in [0.2, 0.25) is 15.9 Å². The molecule has 115 heavy (non-hydrogen) atoms. The summed E-state index contributed by atoms with van der Waals surface area (Å²) in [5.41, 5.74) is 115. The molecule has 1 amide bonds. The van der Waals surface area contributed by atoms with Gasteiger partial charge < -0.3 is 159 Å². The molecule has 10 saturated carbocycles. The number of nitrogens with two attached hydrogens (primary N) is 20. The van der Waals surface area contributed by atoms with E-state index in [-0.39, 0.29) is 158 Å². The second kappa shape index (κ2) is 60.7. The molecule has 0 bridgehead atoms. The third-order valence-corrected chi connectivity index (χ3v) is 25.9. The fourth-order valence-electron chi connectivity index (χ4n) is 16.5. The molecule has 10 fully saturated rings. The summed E-state index contributed by atoms with van der Waals surface area (Å²) < 4.78 is 67.9. The summed E-state index contributed by atoms with van der Waals surface area (Å²) in [7, 11) is 3.75. The number of aliphatic hydroxyl groups is 2. The fourth-order valence-corrected chi connectivity index (χ4v) is 17.0. The molecule has 0 spiro atoms. The third kappa shape index (κ3) is 48.2. The van der Waals surface area contributed by atoms with Crippen LogP contribution in [0.3, 0.4) is 0 Å². The normalized spacial score (nSPS) is 38.7. The van der Waals surface area contributed by atoms with Crippen molar-refractivity contribution in [3.05, 3.63) is 0 Å². The number of carbonyl (C=O) groups excluding carboxylic acids is 1. The van der Waals surface area contributed by atoms with E-state index in [2.05, 4.69) is 10.0 Å². The van der Waals surface area contributed by atoms with E-state index >= 15 is 0 Å². The molecule has 0 aliphatic heterocycles. The Labute approximate surface area is 694 Å². The maximum absolute atomic E-state index is 12.1. The van der Waals surface area contributed by atoms with Gasteiger partial charge in [-0.15, -0.1) is 0 Å². The standard InChI is InChI=1S/C9H19N3O.2C9H20N2O.C8H19N3O2S.C8H18N2O2.2C8H18N2O.C7H15FN2.2C7H16N2O/c1-6(13)12-5-7-2-3-8(10)9(11)4-7;1-9(2,12)6-3-4-7(10)8(11)5-6;1-2-12-6-7-3-4-8(10)9(11)5-7;1-14(12,13)11-5-6-2-3-7(9)8(10)4-6;1-11-7-3-5(9)6(10)4-8(7)12-2;1-11-5-6-2-3-7(9)8(10)4-6;1-2-11-6-3-4-7(9)8(10)5-6;8-4-5-1-2-6(9)7(10)3-5;1-10-5-2-3-6(8)7(9)4-5;8-6-2-1-5(4-10)3-7(6)9/h7-9H,2-5,10-11H2,1H3,(H,12,13);6-8,12H,3-5,10-11H2,1-2H3;7-9H,2-6,10-11H2,1H3;6-8,11H,2-5,9-10H2,1H3;5-8H,3-4,9-10H2,1-2H3;2*6-8H,2-5,9-10H2,1H3;5-7H,1-4,9-10H2;5-7H,2-4,8-9H2,1H3;5-7,10H,1-4,8-9H2/t7?,8-,9+;6?,7-,8+;7?,8-,9+;6?,7-,8+;5-,6+,7?,8?;2*6?,7-,8+;3*5?,6-,7+/m0000.00000/s1. The van der Waals surface area contributed by atoms with Crippen molar-refractivity contribution < 1.29 is 56.2 Å². The minimum atomic E-state index is -3.08. The van der Waals surface area contributed by atoms with Crippen molar-refractivity contribution in [3.63, 3.8) is 0 Å². The fraction of sp³-hybridized carbons (Fsp3) is 0.988. The van der Waals surface area contributed by atoms with Gasteiger partial charge in [-0.05, 0) is 255 Å². The number of amides is 1. The van der Waals surface area contributed by atoms with E-state index in [0.717, 1.165) is 206 Å². The zero-order valence-corrected chi connectivity index (χ0v) is 73.8. The SMILES string of the molecule is CC(=O)NCC1CC[C@H](N)[C@H](N)C1.CC(C)(O)C1CC[C@H](N)[C@H](N)C1.CCOC1CC[C@H](N)[C@H](N)C1.CCOCC1CC[C@H](N)[C@H](N)C1.COC1CC[C@H](N)[C@H](N)C1.COC1C[C@@H](N)[C@@H](N)CC1OC.COCC1CC[C@H](N)[C@H](N)C1.CS(=O)(=O)NCC1CC[C@H](N)[C@H](N)C1.N[C@@H]1CC(CF)CC[C@@H]1N.N[C@@H]1CC(CO)CC[C@@H]1N. The van der Waals surface area contributed by atoms with Gasteiger partial charge in [-0.1, -0.05) is 0 Å². The van der Waals surface area contributed by atoms with Crippen LogP contribution in [0.1, 0.15) is 221 Å². The number of rotatable bonds is 18. The van der Waals surface area contributed by atoms with Crippen LogP contribution in [0.2, 0.25) is 0 Å². The van der Waals surface area contributed by atoms with Crippen molar-refractivity contribution in [2.45, 2.75) is 372 Å². The number of alkyl halides is 1. The molecule has 10 aliphatic rings. The van der Waals surface area contributed by atoms with Crippen molar-refractivity contribution in [3.8, 4) is 0 Å². The summed E-state index contributed by atoms with van der Waals surface area (Å²) >= 11 is 0. The molecule has 10 aliphatic carbocycles. The lowest BCUT2D eigenvalue weighted by Gasteiger charge is -2.38. The highest BCUT2D eigenvalue weighted by Crippen LogP contribution is 2.32. The Kier molecular flexibility index (Phi) is 58.7. The van der Waals surface area contributed by atoms with E-state index in [4.69, 9.17) is 148 Å². The minimum Gasteiger partial charge on any atom is -0.396 e. The van der Waals surface area contributed by atoms with Crippen LogP contribution in [0.4, 0.5) is 4.39 Å². The van der Waals surface area contributed by atoms with Gasteiger partial charge in [-0.2, -0.15) is 0 Å². The van der Waals surface area contributed by atoms with Gasteiger partial charge in [0.1, 0.15) is 0 Å². The van der Waals surface area contributed by atoms with Gasteiger partial charge in [0.15, 0.2) is 0 Å². The van der Waals surface area contributed by atoms with Crippen LogP contribution in [0.5, 0.6) is 0 Å². The Balaban J connectivity index is 0.000000640. The highest BCUT2D eigenvalue weighted by Gasteiger charge is 2.37. The second-order valence-corrected chi connectivity index (χ2v) is 37.4. The number of ether oxygens (including phenoxy) is 6. The highest BCUT2D eigenvalue weighted by atomic mass is 32.2. The van der Waals surface area contributed by atoms with Crippen LogP contribution in [0.15, 0.2) is 0 Å². The average molecular weight is 1680 g/mol. The van der Waals surface area contributed by atoms with Crippen LogP contribution >= 0.6 is 0 Å². The van der Waals surface area contributed by atoms with E-state index in [1.807, 2.05) is 27.7 Å². The molecule has 688 valence electrons. The number of sulfonamides is 1. The Morgan fingerprint density at radius 2 is 0.704 bits per heavy atom. The molecular weight excluding hydrogens is 1500 g/mol. The molecule has 0 aromatic rings. The molecule has 0 aromatic heterocycles. The zero-order valence-electron chi connectivity index (χ0n) is 73.0. The van der Waals surface area contributed by atoms with Gasteiger partial charge in [-0.3, -0.25) is 9.18 Å². The number of hydrogen-bond donors (Lipinski definition) is 24. The molecule has 33 nitrogen and oxygen atoms in total. The average Bonchev–Trinajstić information content (AvgIpc) is 0.773. The maximum Gasteiger partial charge on any atom is 0.216 e. The predicted octanol–water partition coefficient (Wildman–Crippen LogP) is -1.28. The van der Waals surface area contributed by atoms with Gasteiger partial charge >= 0.3 is 0 Å². The molecule has 0 aromatic carbocycles. The van der Waals surface area contributed by atoms with Crippen LogP contribution < -0.4 is 125 Å². The Bertz CT molecular complexity index is 2430. The summed E-state index contributed by atoms with van der Waals surface area (Å²) in [6.07, 6.45) is 30.0. The number of hydrogen-bond acceptors (Lipinski definition) is 31. The Morgan fingerprint density at radius 1 is 0.391 bits per heavy atom. The van der Waals surface area contributed by atoms with Crippen LogP contribution in [0, 0.1) is 41.4 Å². The lowest BCUT2D eigenvalue weighted by Crippen LogP contribution is -2.53. The molecule has 10 rings (SSSR count). The van der Waals surface area contributed by atoms with E-state index in [9.17, 15) is 22.7 Å². The minimum absolute atomic E-state index is 0.00936. The van der Waals surface area contributed by atoms with E-state index < -0.39 is 15.6 Å². The number of nitrogens with one attached hydrogen (secondary N) is 2. The summed E-state index contributed by atoms with van der Waals surface area (Å²) in [6, 6.07) is 2.43. The molecular formula is C80H179FN22O11S. The molecule has 0 heterocycles. The first kappa shape index (κ1) is 111. The summed E-state index contributed by atoms with van der Waals surface area (Å²) in [4.78, 5) is 10.7. The zero-order chi connectivity index (χ0) is 87.3. The van der Waals surface area contributed by atoms with Crippen molar-refractivity contribution in [2.24, 2.45) is 156 Å². The highest BCUT2D eigenvalue weighted by molar-refractivity contribution is 7.88. The largest absolute Gasteiger partial charge is 0.396 e. The molecule has 0 radical (unpaired) electrons. The lowest BCUT2D eigenvalue weighted by molar-refractivity contribution is -0.119. The molecule has 44 N–H and O–H groups in total. The number of aliphatic hydroxyl groups excluding tert-OH is 1. The number of halogens is 1. The maximum atomic E-state index is 12.1. The molecule has 31 atom stereocenters. The van der Waals surface area contributed by atoms with Crippen LogP contribution in [-0.4, -0.2) is 263 Å². The van der Waals surface area contributed by atoms with Gasteiger partial charge in [0.05, 0.1) is 42.9 Å². The predicted molar refractivity (Wildman–Crippen MR) is 465 cm³/mol. The summed E-state index contributed by atoms with van der Waals surface area (Å²) in [5.74, 6) is 3.04. The number of carbonyl (C=O) groups is 1. The molecule has 35 heteroatoms. The van der Waals surface area contributed by atoms with E-state index in [0.29, 0.717) is 54.3 Å². The van der Waals surface area contributed by atoms with Crippen LogP contribution in [-0.2, 0) is 43.2 Å². The summed E-state index contributed by atoms with van der Waals surface area (Å²) in [5, 5.41) is 21.4. The third-order valence-electron chi connectivity index (χ3n) is 25.2. The van der Waals surface area contributed by atoms with E-state index in [1.54, 1.807) is 28.4 Å².